The van der Waals surface area contributed by atoms with E-state index in [1.54, 1.807) is 6.92 Å². The number of fused-ring (bicyclic) bond motifs is 1. The molecule has 0 saturated carbocycles. The highest BCUT2D eigenvalue weighted by Crippen LogP contribution is 2.35. The minimum absolute atomic E-state index is 0.0942. The Hall–Kier alpha value is -1.13. The topological polar surface area (TPSA) is 66.8 Å². The van der Waals surface area contributed by atoms with Crippen molar-refractivity contribution in [2.45, 2.75) is 51.4 Å². The SMILES string of the molecule is C=C1CC[C@H]2[C@H](C)C(=O)O[C@@H]2/C=C(/C)[C@@H](O)C[C@H]1O. The van der Waals surface area contributed by atoms with Crippen LogP contribution in [-0.2, 0) is 9.53 Å². The van der Waals surface area contributed by atoms with Gasteiger partial charge in [0.2, 0.25) is 0 Å². The van der Waals surface area contributed by atoms with Gasteiger partial charge in [-0.3, -0.25) is 4.79 Å². The molecule has 1 aliphatic heterocycles. The number of aliphatic hydroxyl groups is 2. The highest BCUT2D eigenvalue weighted by Gasteiger charge is 2.41. The van der Waals surface area contributed by atoms with E-state index in [-0.39, 0.29) is 30.3 Å². The van der Waals surface area contributed by atoms with Crippen molar-refractivity contribution >= 4 is 5.97 Å². The average Bonchev–Trinajstić information content (AvgIpc) is 2.61. The molecule has 0 aromatic carbocycles. The van der Waals surface area contributed by atoms with Gasteiger partial charge in [-0.25, -0.2) is 0 Å². The predicted octanol–water partition coefficient (Wildman–Crippen LogP) is 1.57. The first kappa shape index (κ1) is 14.3. The van der Waals surface area contributed by atoms with E-state index in [4.69, 9.17) is 4.74 Å². The van der Waals surface area contributed by atoms with Crippen molar-refractivity contribution in [2.75, 3.05) is 0 Å². The molecule has 0 aromatic rings. The van der Waals surface area contributed by atoms with E-state index in [1.165, 1.54) is 0 Å². The third kappa shape index (κ3) is 2.90. The maximum absolute atomic E-state index is 11.7. The van der Waals surface area contributed by atoms with Crippen LogP contribution in [0.5, 0.6) is 0 Å². The minimum atomic E-state index is -0.722. The van der Waals surface area contributed by atoms with Crippen LogP contribution in [-0.4, -0.2) is 34.5 Å². The van der Waals surface area contributed by atoms with Gasteiger partial charge in [-0.15, -0.1) is 0 Å². The van der Waals surface area contributed by atoms with Gasteiger partial charge in [-0.2, -0.15) is 0 Å². The molecule has 1 heterocycles. The Bertz CT molecular complexity index is 412. The average molecular weight is 266 g/mol. The summed E-state index contributed by atoms with van der Waals surface area (Å²) >= 11 is 0. The van der Waals surface area contributed by atoms with Crippen LogP contribution in [0.3, 0.4) is 0 Å². The fourth-order valence-electron chi connectivity index (χ4n) is 2.81. The zero-order valence-corrected chi connectivity index (χ0v) is 11.5. The minimum Gasteiger partial charge on any atom is -0.458 e. The molecule has 4 heteroatoms. The summed E-state index contributed by atoms with van der Waals surface area (Å²) in [6.07, 6.45) is 1.83. The lowest BCUT2D eigenvalue weighted by Crippen LogP contribution is -2.26. The second-order valence-corrected chi connectivity index (χ2v) is 5.73. The van der Waals surface area contributed by atoms with Gasteiger partial charge in [0.25, 0.3) is 0 Å². The lowest BCUT2D eigenvalue weighted by Gasteiger charge is -2.24. The van der Waals surface area contributed by atoms with Crippen LogP contribution in [0.2, 0.25) is 0 Å². The molecule has 19 heavy (non-hydrogen) atoms. The second kappa shape index (κ2) is 5.47. The number of rotatable bonds is 0. The first-order chi connectivity index (χ1) is 8.90. The third-order valence-corrected chi connectivity index (χ3v) is 4.36. The molecule has 5 atom stereocenters. The van der Waals surface area contributed by atoms with E-state index in [2.05, 4.69) is 6.58 Å². The largest absolute Gasteiger partial charge is 0.458 e. The van der Waals surface area contributed by atoms with Crippen molar-refractivity contribution in [2.24, 2.45) is 11.8 Å². The van der Waals surface area contributed by atoms with Crippen LogP contribution in [0.4, 0.5) is 0 Å². The molecule has 0 radical (unpaired) electrons. The fourth-order valence-corrected chi connectivity index (χ4v) is 2.81. The Kier molecular flexibility index (Phi) is 4.11. The van der Waals surface area contributed by atoms with Crippen molar-refractivity contribution in [1.82, 2.24) is 0 Å². The number of carbonyl (C=O) groups is 1. The quantitative estimate of drug-likeness (QED) is 0.516. The van der Waals surface area contributed by atoms with E-state index in [0.717, 1.165) is 17.6 Å². The van der Waals surface area contributed by atoms with Crippen molar-refractivity contribution in [3.8, 4) is 0 Å². The Morgan fingerprint density at radius 2 is 2.05 bits per heavy atom. The van der Waals surface area contributed by atoms with Gasteiger partial charge >= 0.3 is 5.97 Å². The molecule has 2 N–H and O–H groups in total. The van der Waals surface area contributed by atoms with Crippen LogP contribution in [0.25, 0.3) is 0 Å². The maximum atomic E-state index is 11.7. The molecule has 2 aliphatic rings. The monoisotopic (exact) mass is 266 g/mol. The molecular weight excluding hydrogens is 244 g/mol. The highest BCUT2D eigenvalue weighted by atomic mass is 16.6. The fraction of sp³-hybridized carbons (Fsp3) is 0.667. The van der Waals surface area contributed by atoms with Gasteiger partial charge in [0.1, 0.15) is 6.10 Å². The Morgan fingerprint density at radius 1 is 1.37 bits per heavy atom. The van der Waals surface area contributed by atoms with E-state index >= 15 is 0 Å². The van der Waals surface area contributed by atoms with Gasteiger partial charge in [0.05, 0.1) is 18.1 Å². The number of hydrogen-bond acceptors (Lipinski definition) is 4. The van der Waals surface area contributed by atoms with Crippen LogP contribution in [0.15, 0.2) is 23.8 Å². The van der Waals surface area contributed by atoms with Crippen LogP contribution in [0, 0.1) is 11.8 Å². The molecule has 1 saturated heterocycles. The normalized spacial score (nSPS) is 43.2. The van der Waals surface area contributed by atoms with E-state index in [1.807, 2.05) is 13.0 Å². The zero-order chi connectivity index (χ0) is 14.2. The summed E-state index contributed by atoms with van der Waals surface area (Å²) in [5.74, 6) is -0.230. The summed E-state index contributed by atoms with van der Waals surface area (Å²) in [4.78, 5) is 11.7. The lowest BCUT2D eigenvalue weighted by atomic mass is 9.83. The van der Waals surface area contributed by atoms with Crippen molar-refractivity contribution in [1.29, 1.82) is 0 Å². The van der Waals surface area contributed by atoms with Crippen LogP contribution >= 0.6 is 0 Å². The number of esters is 1. The summed E-state index contributed by atoms with van der Waals surface area (Å²) in [7, 11) is 0. The summed E-state index contributed by atoms with van der Waals surface area (Å²) in [6, 6.07) is 0. The first-order valence-corrected chi connectivity index (χ1v) is 6.82. The third-order valence-electron chi connectivity index (χ3n) is 4.36. The van der Waals surface area contributed by atoms with E-state index in [9.17, 15) is 15.0 Å². The summed E-state index contributed by atoms with van der Waals surface area (Å²) in [5.41, 5.74) is 1.46. The smallest absolute Gasteiger partial charge is 0.309 e. The first-order valence-electron chi connectivity index (χ1n) is 6.82. The highest BCUT2D eigenvalue weighted by molar-refractivity contribution is 5.75. The molecule has 0 unspecified atom stereocenters. The molecule has 0 amide bonds. The van der Waals surface area contributed by atoms with Gasteiger partial charge in [0, 0.05) is 12.3 Å². The number of carbonyl (C=O) groups excluding carboxylic acids is 1. The Labute approximate surface area is 113 Å². The Balaban J connectivity index is 2.27. The summed E-state index contributed by atoms with van der Waals surface area (Å²) in [6.45, 7) is 7.55. The molecule has 106 valence electrons. The van der Waals surface area contributed by atoms with E-state index < -0.39 is 12.2 Å². The van der Waals surface area contributed by atoms with E-state index in [0.29, 0.717) is 6.42 Å². The molecule has 2 rings (SSSR count). The van der Waals surface area contributed by atoms with Crippen LogP contribution < -0.4 is 0 Å². The standard InChI is InChI=1S/C15H22O4/c1-8-4-5-11-10(3)15(18)19-14(11)6-9(2)13(17)7-12(8)16/h6,10-14,16-17H,1,4-5,7H2,2-3H3/b9-6-/t10-,11-,12+,13-,14+/m0/s1. The van der Waals surface area contributed by atoms with Crippen molar-refractivity contribution < 1.29 is 19.7 Å². The number of aliphatic hydroxyl groups excluding tert-OH is 2. The molecule has 1 fully saturated rings. The van der Waals surface area contributed by atoms with Gasteiger partial charge in [0.15, 0.2) is 0 Å². The van der Waals surface area contributed by atoms with Gasteiger partial charge in [-0.1, -0.05) is 13.5 Å². The molecule has 1 aliphatic carbocycles. The molecule has 4 nitrogen and oxygen atoms in total. The molecule has 0 bridgehead atoms. The maximum Gasteiger partial charge on any atom is 0.309 e. The van der Waals surface area contributed by atoms with Gasteiger partial charge < -0.3 is 14.9 Å². The number of hydrogen-bond donors (Lipinski definition) is 2. The predicted molar refractivity (Wildman–Crippen MR) is 71.3 cm³/mol. The van der Waals surface area contributed by atoms with Crippen LogP contribution in [0.1, 0.15) is 33.1 Å². The van der Waals surface area contributed by atoms with Crippen molar-refractivity contribution in [3.05, 3.63) is 23.8 Å². The number of ether oxygens (including phenoxy) is 1. The molecule has 0 spiro atoms. The van der Waals surface area contributed by atoms with Gasteiger partial charge in [-0.05, 0) is 37.0 Å². The summed E-state index contributed by atoms with van der Waals surface area (Å²) < 4.78 is 5.37. The zero-order valence-electron chi connectivity index (χ0n) is 11.5. The lowest BCUT2D eigenvalue weighted by molar-refractivity contribution is -0.142. The molecule has 0 aromatic heterocycles. The Morgan fingerprint density at radius 3 is 2.74 bits per heavy atom. The van der Waals surface area contributed by atoms with Crippen molar-refractivity contribution in [3.63, 3.8) is 0 Å². The second-order valence-electron chi connectivity index (χ2n) is 5.73. The molecular formula is C15H22O4. The summed E-state index contributed by atoms with van der Waals surface area (Å²) in [5, 5.41) is 20.0.